The van der Waals surface area contributed by atoms with Crippen molar-refractivity contribution in [1.82, 2.24) is 10.2 Å². The second-order valence-corrected chi connectivity index (χ2v) is 4.85. The van der Waals surface area contributed by atoms with Crippen molar-refractivity contribution < 1.29 is 9.59 Å². The summed E-state index contributed by atoms with van der Waals surface area (Å²) in [7, 11) is 0. The molecule has 2 amide bonds. The fraction of sp³-hybridized carbons (Fsp3) is 0.833. The van der Waals surface area contributed by atoms with Gasteiger partial charge in [0.05, 0.1) is 0 Å². The summed E-state index contributed by atoms with van der Waals surface area (Å²) in [5, 5.41) is 2.90. The lowest BCUT2D eigenvalue weighted by atomic mass is 9.83. The quantitative estimate of drug-likeness (QED) is 0.788. The van der Waals surface area contributed by atoms with E-state index in [4.69, 9.17) is 0 Å². The first-order valence-corrected chi connectivity index (χ1v) is 6.00. The number of carbonyl (C=O) groups excluding carboxylic acids is 2. The maximum atomic E-state index is 12.4. The van der Waals surface area contributed by atoms with Gasteiger partial charge in [-0.05, 0) is 33.6 Å². The summed E-state index contributed by atoms with van der Waals surface area (Å²) >= 11 is 0. The van der Waals surface area contributed by atoms with Crippen molar-refractivity contribution in [2.45, 2.75) is 58.5 Å². The van der Waals surface area contributed by atoms with Crippen LogP contribution in [0.5, 0.6) is 0 Å². The van der Waals surface area contributed by atoms with E-state index in [1.807, 2.05) is 20.8 Å². The van der Waals surface area contributed by atoms with Gasteiger partial charge in [0, 0.05) is 6.54 Å². The van der Waals surface area contributed by atoms with Crippen LogP contribution in [0.4, 0.5) is 0 Å². The molecule has 1 N–H and O–H groups in total. The number of piperazine rings is 1. The highest BCUT2D eigenvalue weighted by molar-refractivity contribution is 6.01. The van der Waals surface area contributed by atoms with Crippen molar-refractivity contribution >= 4 is 11.8 Å². The molecule has 4 heteroatoms. The molecule has 0 unspecified atom stereocenters. The predicted octanol–water partition coefficient (Wildman–Crippen LogP) is 1.30. The number of carbonyl (C=O) groups is 2. The molecule has 92 valence electrons. The molecule has 0 atom stereocenters. The minimum Gasteiger partial charge on any atom is -0.340 e. The van der Waals surface area contributed by atoms with Crippen molar-refractivity contribution in [3.8, 4) is 0 Å². The zero-order valence-corrected chi connectivity index (χ0v) is 10.9. The van der Waals surface area contributed by atoms with Crippen LogP contribution in [0.2, 0.25) is 0 Å². The summed E-state index contributed by atoms with van der Waals surface area (Å²) in [6, 6.07) is 0. The largest absolute Gasteiger partial charge is 0.340 e. The van der Waals surface area contributed by atoms with Crippen LogP contribution in [0.25, 0.3) is 0 Å². The van der Waals surface area contributed by atoms with E-state index < -0.39 is 11.1 Å². The molecule has 1 aliphatic heterocycles. The lowest BCUT2D eigenvalue weighted by Gasteiger charge is -2.49. The van der Waals surface area contributed by atoms with Crippen LogP contribution in [0.3, 0.4) is 0 Å². The van der Waals surface area contributed by atoms with Gasteiger partial charge in [-0.25, -0.2) is 0 Å². The van der Waals surface area contributed by atoms with Crippen LogP contribution in [0, 0.1) is 0 Å². The van der Waals surface area contributed by atoms with Crippen LogP contribution in [-0.2, 0) is 9.59 Å². The Morgan fingerprint density at radius 1 is 1.12 bits per heavy atom. The van der Waals surface area contributed by atoms with Crippen molar-refractivity contribution in [2.24, 2.45) is 0 Å². The predicted molar refractivity (Wildman–Crippen MR) is 62.9 cm³/mol. The molecule has 1 fully saturated rings. The third kappa shape index (κ3) is 1.60. The Kier molecular flexibility index (Phi) is 3.31. The summed E-state index contributed by atoms with van der Waals surface area (Å²) < 4.78 is 0. The second kappa shape index (κ2) is 4.07. The van der Waals surface area contributed by atoms with E-state index in [1.165, 1.54) is 0 Å². The van der Waals surface area contributed by atoms with Gasteiger partial charge in [0.25, 0.3) is 0 Å². The minimum absolute atomic E-state index is 0.0459. The average molecular weight is 226 g/mol. The molecule has 1 rings (SSSR count). The van der Waals surface area contributed by atoms with Crippen LogP contribution in [-0.4, -0.2) is 34.3 Å². The molecular weight excluding hydrogens is 204 g/mol. The molecule has 0 radical (unpaired) electrons. The Morgan fingerprint density at radius 2 is 1.62 bits per heavy atom. The number of rotatable bonds is 3. The molecule has 1 aliphatic rings. The van der Waals surface area contributed by atoms with Gasteiger partial charge in [-0.2, -0.15) is 0 Å². The van der Waals surface area contributed by atoms with E-state index in [0.29, 0.717) is 19.4 Å². The lowest BCUT2D eigenvalue weighted by Crippen LogP contribution is -2.73. The Morgan fingerprint density at radius 3 is 2.00 bits per heavy atom. The van der Waals surface area contributed by atoms with E-state index in [0.717, 1.165) is 0 Å². The topological polar surface area (TPSA) is 49.4 Å². The summed E-state index contributed by atoms with van der Waals surface area (Å²) in [5.41, 5.74) is -1.43. The number of likely N-dealkylation sites (N-methyl/N-ethyl adjacent to an activating group) is 1. The minimum atomic E-state index is -0.736. The number of hydrogen-bond donors (Lipinski definition) is 1. The molecule has 0 saturated carbocycles. The zero-order chi connectivity index (χ0) is 12.6. The van der Waals surface area contributed by atoms with Gasteiger partial charge >= 0.3 is 0 Å². The van der Waals surface area contributed by atoms with Gasteiger partial charge in [0.15, 0.2) is 0 Å². The fourth-order valence-corrected chi connectivity index (χ4v) is 2.33. The maximum absolute atomic E-state index is 12.4. The van der Waals surface area contributed by atoms with E-state index >= 15 is 0 Å². The fourth-order valence-electron chi connectivity index (χ4n) is 2.33. The smallest absolute Gasteiger partial charge is 0.249 e. The Bertz CT molecular complexity index is 306. The molecule has 0 aromatic heterocycles. The number of nitrogens with one attached hydrogen (secondary N) is 1. The van der Waals surface area contributed by atoms with Crippen molar-refractivity contribution in [1.29, 1.82) is 0 Å². The number of amides is 2. The summed E-state index contributed by atoms with van der Waals surface area (Å²) in [6.07, 6.45) is 1.28. The van der Waals surface area contributed by atoms with E-state index in [9.17, 15) is 9.59 Å². The van der Waals surface area contributed by atoms with Gasteiger partial charge in [0.2, 0.25) is 11.8 Å². The van der Waals surface area contributed by atoms with E-state index in [2.05, 4.69) is 5.32 Å². The molecule has 16 heavy (non-hydrogen) atoms. The van der Waals surface area contributed by atoms with Gasteiger partial charge in [-0.1, -0.05) is 13.8 Å². The SMILES string of the molecule is CCN1C(=O)C(CC)(CC)NC(=O)C1(C)C. The van der Waals surface area contributed by atoms with E-state index in [1.54, 1.807) is 18.7 Å². The van der Waals surface area contributed by atoms with Crippen molar-refractivity contribution in [3.05, 3.63) is 0 Å². The summed E-state index contributed by atoms with van der Waals surface area (Å²) in [6.45, 7) is 9.94. The molecule has 4 nitrogen and oxygen atoms in total. The van der Waals surface area contributed by atoms with Crippen LogP contribution in [0.1, 0.15) is 47.5 Å². The molecule has 1 saturated heterocycles. The normalized spacial score (nSPS) is 23.2. The Balaban J connectivity index is 3.17. The Hall–Kier alpha value is -1.06. The lowest BCUT2D eigenvalue weighted by molar-refractivity contribution is -0.161. The van der Waals surface area contributed by atoms with Crippen molar-refractivity contribution in [2.75, 3.05) is 6.54 Å². The van der Waals surface area contributed by atoms with Crippen molar-refractivity contribution in [3.63, 3.8) is 0 Å². The highest BCUT2D eigenvalue weighted by Crippen LogP contribution is 2.29. The molecule has 0 aromatic carbocycles. The third-order valence-corrected chi connectivity index (χ3v) is 3.76. The number of hydrogen-bond acceptors (Lipinski definition) is 2. The maximum Gasteiger partial charge on any atom is 0.249 e. The summed E-state index contributed by atoms with van der Waals surface area (Å²) in [4.78, 5) is 26.2. The Labute approximate surface area is 97.4 Å². The second-order valence-electron chi connectivity index (χ2n) is 4.85. The molecular formula is C12H22N2O2. The van der Waals surface area contributed by atoms with Gasteiger partial charge in [-0.3, -0.25) is 9.59 Å². The van der Waals surface area contributed by atoms with Gasteiger partial charge in [0.1, 0.15) is 11.1 Å². The highest BCUT2D eigenvalue weighted by atomic mass is 16.2. The standard InChI is InChI=1S/C12H22N2O2/c1-6-12(7-2)10(16)14(8-3)11(4,5)9(15)13-12/h6-8H2,1-5H3,(H,13,15). The molecule has 0 bridgehead atoms. The summed E-state index contributed by atoms with van der Waals surface area (Å²) in [5.74, 6) is -0.0118. The first-order chi connectivity index (χ1) is 7.35. The first-order valence-electron chi connectivity index (χ1n) is 6.00. The van der Waals surface area contributed by atoms with Crippen LogP contribution in [0.15, 0.2) is 0 Å². The average Bonchev–Trinajstić information content (AvgIpc) is 2.24. The monoisotopic (exact) mass is 226 g/mol. The molecule has 1 heterocycles. The third-order valence-electron chi connectivity index (χ3n) is 3.76. The first kappa shape index (κ1) is 13.0. The van der Waals surface area contributed by atoms with Crippen LogP contribution >= 0.6 is 0 Å². The van der Waals surface area contributed by atoms with Gasteiger partial charge < -0.3 is 10.2 Å². The van der Waals surface area contributed by atoms with Gasteiger partial charge in [-0.15, -0.1) is 0 Å². The zero-order valence-electron chi connectivity index (χ0n) is 10.9. The number of nitrogens with zero attached hydrogens (tertiary/aromatic N) is 1. The molecule has 0 aromatic rings. The van der Waals surface area contributed by atoms with Crippen LogP contribution < -0.4 is 5.32 Å². The highest BCUT2D eigenvalue weighted by Gasteiger charge is 2.52. The molecule has 0 aliphatic carbocycles. The molecule has 0 spiro atoms. The van der Waals surface area contributed by atoms with E-state index in [-0.39, 0.29) is 11.8 Å².